The molecule has 6 heterocycles. The van der Waals surface area contributed by atoms with Crippen LogP contribution in [0.2, 0.25) is 0 Å². The van der Waals surface area contributed by atoms with Crippen molar-refractivity contribution in [3.63, 3.8) is 0 Å². The van der Waals surface area contributed by atoms with Crippen molar-refractivity contribution in [2.45, 2.75) is 325 Å². The molecule has 12 nitrogen and oxygen atoms in total. The second-order valence-electron chi connectivity index (χ2n) is 22.3. The van der Waals surface area contributed by atoms with Gasteiger partial charge in [0.05, 0.1) is 73.8 Å². The van der Waals surface area contributed by atoms with E-state index >= 15 is 0 Å². The van der Waals surface area contributed by atoms with E-state index in [1.54, 1.807) is 0 Å². The number of hydrogen-bond acceptors (Lipinski definition) is 12. The van der Waals surface area contributed by atoms with Gasteiger partial charge in [0, 0.05) is 38.0 Å². The average molecular weight is 989 g/mol. The molecule has 0 aromatic rings. The third-order valence-electron chi connectivity index (χ3n) is 16.1. The van der Waals surface area contributed by atoms with Gasteiger partial charge in [-0.25, -0.2) is 0 Å². The molecule has 6 saturated heterocycles. The summed E-state index contributed by atoms with van der Waals surface area (Å²) in [6.07, 6.45) is 41.7. The maximum atomic E-state index is 13.0. The van der Waals surface area contributed by atoms with Crippen LogP contribution in [0, 0.1) is 5.92 Å². The lowest BCUT2D eigenvalue weighted by Crippen LogP contribution is -2.40. The molecule has 404 valence electrons. The number of esters is 3. The van der Waals surface area contributed by atoms with E-state index < -0.39 is 6.10 Å². The molecule has 6 aliphatic rings. The largest absolute Gasteiger partial charge is 0.462 e. The molecule has 6 rings (SSSR count). The van der Waals surface area contributed by atoms with Gasteiger partial charge in [-0.1, -0.05) is 156 Å². The minimum atomic E-state index is -0.815. The standard InChI is InChI=1S/C58H100O12/c1-4-7-9-10-14-23-31-47-48(67-47)32-24-16-12-19-27-35-57(60)64-42-44(65-58(61)36-28-20-13-17-25-33-50-54(69-50)39-53-49(68-53)30-21-8-5-2)41-63-56(59)34-26-18-11-15-22-29-46-43(40-62-46)37-51-55(70-51)38-52-45(6-3)66-52/h43-55H,4-42H2,1-3H3. The first-order valence-corrected chi connectivity index (χ1v) is 29.7. The molecule has 13 atom stereocenters. The Morgan fingerprint density at radius 1 is 0.386 bits per heavy atom. The number of ether oxygens (including phenoxy) is 9. The maximum Gasteiger partial charge on any atom is 0.306 e. The zero-order chi connectivity index (χ0) is 49.2. The molecule has 0 spiro atoms. The van der Waals surface area contributed by atoms with Gasteiger partial charge in [0.25, 0.3) is 0 Å². The highest BCUT2D eigenvalue weighted by molar-refractivity contribution is 5.71. The summed E-state index contributed by atoms with van der Waals surface area (Å²) in [5.41, 5.74) is 0. The number of unbranched alkanes of at least 4 members (excludes halogenated alkanes) is 19. The smallest absolute Gasteiger partial charge is 0.306 e. The van der Waals surface area contributed by atoms with Crippen molar-refractivity contribution in [1.29, 1.82) is 0 Å². The summed E-state index contributed by atoms with van der Waals surface area (Å²) in [5, 5.41) is 0. The third-order valence-corrected chi connectivity index (χ3v) is 16.1. The minimum absolute atomic E-state index is 0.107. The lowest BCUT2D eigenvalue weighted by molar-refractivity contribution is -0.167. The Kier molecular flexibility index (Phi) is 27.2. The van der Waals surface area contributed by atoms with Crippen molar-refractivity contribution >= 4 is 17.9 Å². The fraction of sp³-hybridized carbons (Fsp3) is 0.948. The van der Waals surface area contributed by atoms with Gasteiger partial charge >= 0.3 is 17.9 Å². The fourth-order valence-electron chi connectivity index (χ4n) is 11.0. The van der Waals surface area contributed by atoms with Gasteiger partial charge in [-0.2, -0.15) is 0 Å². The lowest BCUT2D eigenvalue weighted by Gasteiger charge is -2.37. The molecule has 0 radical (unpaired) electrons. The SMILES string of the molecule is CCCCCCCCC1OC1CCCCCCCC(=O)OCC(COC(=O)CCCCCCCC1OCC1CC1OC1CC1OC1CC)OC(=O)CCCCCCCC1OC1CC1OC1CCCCC. The first-order chi connectivity index (χ1) is 34.3. The molecule has 0 N–H and O–H groups in total. The van der Waals surface area contributed by atoms with Crippen LogP contribution in [0.5, 0.6) is 0 Å². The van der Waals surface area contributed by atoms with E-state index in [2.05, 4.69) is 20.8 Å². The monoisotopic (exact) mass is 989 g/mol. The summed E-state index contributed by atoms with van der Waals surface area (Å²) in [4.78, 5) is 38.5. The summed E-state index contributed by atoms with van der Waals surface area (Å²) in [7, 11) is 0. The number of carbonyl (C=O) groups excluding carboxylic acids is 3. The van der Waals surface area contributed by atoms with Gasteiger partial charge in [-0.15, -0.1) is 0 Å². The van der Waals surface area contributed by atoms with Crippen LogP contribution in [-0.4, -0.2) is 111 Å². The van der Waals surface area contributed by atoms with Crippen LogP contribution in [0.4, 0.5) is 0 Å². The Morgan fingerprint density at radius 2 is 0.729 bits per heavy atom. The van der Waals surface area contributed by atoms with E-state index in [4.69, 9.17) is 42.6 Å². The van der Waals surface area contributed by atoms with E-state index in [1.807, 2.05) is 0 Å². The van der Waals surface area contributed by atoms with Crippen LogP contribution in [0.15, 0.2) is 0 Å². The van der Waals surface area contributed by atoms with Gasteiger partial charge < -0.3 is 42.6 Å². The second-order valence-corrected chi connectivity index (χ2v) is 22.3. The van der Waals surface area contributed by atoms with Crippen molar-refractivity contribution in [2.75, 3.05) is 19.8 Å². The van der Waals surface area contributed by atoms with Crippen LogP contribution in [0.1, 0.15) is 252 Å². The Morgan fingerprint density at radius 3 is 1.20 bits per heavy atom. The average Bonchev–Trinajstić information content (AvgIpc) is 4.08. The van der Waals surface area contributed by atoms with Gasteiger partial charge in [0.15, 0.2) is 6.10 Å². The van der Waals surface area contributed by atoms with Gasteiger partial charge in [-0.3, -0.25) is 14.4 Å². The number of carbonyl (C=O) groups is 3. The fourth-order valence-corrected chi connectivity index (χ4v) is 11.0. The van der Waals surface area contributed by atoms with E-state index in [0.717, 1.165) is 141 Å². The molecule has 6 fully saturated rings. The number of epoxide rings is 5. The highest BCUT2D eigenvalue weighted by Gasteiger charge is 2.50. The van der Waals surface area contributed by atoms with Gasteiger partial charge in [-0.05, 0) is 64.2 Å². The van der Waals surface area contributed by atoms with Crippen molar-refractivity contribution in [3.8, 4) is 0 Å². The molecule has 0 amide bonds. The Labute approximate surface area is 424 Å². The van der Waals surface area contributed by atoms with Crippen molar-refractivity contribution in [1.82, 2.24) is 0 Å². The first kappa shape index (κ1) is 57.4. The predicted molar refractivity (Wildman–Crippen MR) is 272 cm³/mol. The molecular weight excluding hydrogens is 889 g/mol. The molecule has 0 aromatic heterocycles. The Hall–Kier alpha value is -1.83. The van der Waals surface area contributed by atoms with Gasteiger partial charge in [0.2, 0.25) is 0 Å². The van der Waals surface area contributed by atoms with Crippen molar-refractivity contribution < 1.29 is 57.0 Å². The van der Waals surface area contributed by atoms with Crippen molar-refractivity contribution in [2.24, 2.45) is 5.92 Å². The zero-order valence-electron chi connectivity index (χ0n) is 44.5. The Bertz CT molecular complexity index is 1440. The maximum absolute atomic E-state index is 13.0. The third kappa shape index (κ3) is 24.0. The second kappa shape index (κ2) is 33.2. The molecule has 13 unspecified atom stereocenters. The predicted octanol–water partition coefficient (Wildman–Crippen LogP) is 12.9. The topological polar surface area (TPSA) is 151 Å². The highest BCUT2D eigenvalue weighted by Crippen LogP contribution is 2.42. The molecule has 0 saturated carbocycles. The zero-order valence-corrected chi connectivity index (χ0v) is 44.5. The van der Waals surface area contributed by atoms with E-state index in [-0.39, 0.29) is 37.5 Å². The van der Waals surface area contributed by atoms with Crippen LogP contribution in [0.3, 0.4) is 0 Å². The number of rotatable bonds is 47. The van der Waals surface area contributed by atoms with Crippen LogP contribution < -0.4 is 0 Å². The minimum Gasteiger partial charge on any atom is -0.462 e. The molecule has 70 heavy (non-hydrogen) atoms. The Balaban J connectivity index is 0.769. The summed E-state index contributed by atoms with van der Waals surface area (Å²) in [6, 6.07) is 0. The first-order valence-electron chi connectivity index (χ1n) is 29.7. The van der Waals surface area contributed by atoms with Crippen LogP contribution in [0.25, 0.3) is 0 Å². The van der Waals surface area contributed by atoms with E-state index in [0.29, 0.717) is 85.9 Å². The summed E-state index contributed by atoms with van der Waals surface area (Å²) in [6.45, 7) is 7.32. The van der Waals surface area contributed by atoms with Crippen LogP contribution in [-0.2, 0) is 57.0 Å². The summed E-state index contributed by atoms with van der Waals surface area (Å²) in [5.74, 6) is -0.350. The molecular formula is C58H100O12. The summed E-state index contributed by atoms with van der Waals surface area (Å²) >= 11 is 0. The van der Waals surface area contributed by atoms with E-state index in [1.165, 1.54) is 77.0 Å². The lowest BCUT2D eigenvalue weighted by atomic mass is 9.88. The molecule has 12 heteroatoms. The normalized spacial score (nSPS) is 29.5. The molecule has 6 aliphatic heterocycles. The van der Waals surface area contributed by atoms with Crippen LogP contribution >= 0.6 is 0 Å². The van der Waals surface area contributed by atoms with E-state index in [9.17, 15) is 14.4 Å². The molecule has 0 bridgehead atoms. The van der Waals surface area contributed by atoms with Gasteiger partial charge in [0.1, 0.15) is 13.2 Å². The quantitative estimate of drug-likeness (QED) is 0.0247. The summed E-state index contributed by atoms with van der Waals surface area (Å²) < 4.78 is 52.2. The highest BCUT2D eigenvalue weighted by atomic mass is 16.6. The molecule has 0 aromatic carbocycles. The van der Waals surface area contributed by atoms with Crippen molar-refractivity contribution in [3.05, 3.63) is 0 Å². The molecule has 0 aliphatic carbocycles. The number of hydrogen-bond donors (Lipinski definition) is 0.